The van der Waals surface area contributed by atoms with Crippen molar-refractivity contribution in [2.45, 2.75) is 37.9 Å². The van der Waals surface area contributed by atoms with Crippen molar-refractivity contribution in [3.8, 4) is 0 Å². The largest absolute Gasteiger partial charge is 0.459 e. The van der Waals surface area contributed by atoms with Crippen molar-refractivity contribution >= 4 is 5.97 Å². The predicted octanol–water partition coefficient (Wildman–Crippen LogP) is 2.15. The van der Waals surface area contributed by atoms with Gasteiger partial charge in [0.05, 0.1) is 11.2 Å². The number of carbonyl (C=O) groups excluding carboxylic acids is 1. The highest BCUT2D eigenvalue weighted by molar-refractivity contribution is 5.89. The number of ether oxygens (including phenoxy) is 1. The molecule has 1 saturated carbocycles. The molecule has 0 amide bonds. The van der Waals surface area contributed by atoms with Gasteiger partial charge in [0.2, 0.25) is 0 Å². The van der Waals surface area contributed by atoms with E-state index in [0.29, 0.717) is 24.8 Å². The lowest BCUT2D eigenvalue weighted by molar-refractivity contribution is -0.120. The van der Waals surface area contributed by atoms with Gasteiger partial charge < -0.3 is 9.84 Å². The van der Waals surface area contributed by atoms with Gasteiger partial charge in [-0.15, -0.1) is 0 Å². The first kappa shape index (κ1) is 11.1. The molecule has 16 heavy (non-hydrogen) atoms. The van der Waals surface area contributed by atoms with Gasteiger partial charge in [-0.2, -0.15) is 0 Å². The van der Waals surface area contributed by atoms with Gasteiger partial charge in [-0.1, -0.05) is 25.1 Å². The molecule has 0 radical (unpaired) electrons. The molecule has 0 bridgehead atoms. The Bertz CT molecular complexity index is 366. The molecule has 3 heteroatoms. The zero-order valence-corrected chi connectivity index (χ0v) is 9.35. The van der Waals surface area contributed by atoms with Crippen LogP contribution in [0.15, 0.2) is 30.3 Å². The van der Waals surface area contributed by atoms with E-state index in [4.69, 9.17) is 4.74 Å². The molecule has 1 aromatic rings. The Morgan fingerprint density at radius 1 is 1.44 bits per heavy atom. The molecule has 0 atom stereocenters. The second kappa shape index (κ2) is 4.26. The number of hydrogen-bond donors (Lipinski definition) is 1. The number of rotatable bonds is 3. The molecule has 2 rings (SSSR count). The first-order valence-corrected chi connectivity index (χ1v) is 5.61. The van der Waals surface area contributed by atoms with Crippen molar-refractivity contribution in [3.05, 3.63) is 35.9 Å². The Hall–Kier alpha value is -1.35. The number of aliphatic hydroxyl groups is 1. The zero-order valence-electron chi connectivity index (χ0n) is 9.35. The summed E-state index contributed by atoms with van der Waals surface area (Å²) < 4.78 is 5.27. The summed E-state index contributed by atoms with van der Waals surface area (Å²) in [5, 5.41) is 9.78. The number of esters is 1. The topological polar surface area (TPSA) is 46.5 Å². The van der Waals surface area contributed by atoms with Gasteiger partial charge in [-0.25, -0.2) is 4.79 Å². The van der Waals surface area contributed by atoms with Gasteiger partial charge in [0.15, 0.2) is 0 Å². The van der Waals surface area contributed by atoms with E-state index in [9.17, 15) is 9.90 Å². The number of carbonyl (C=O) groups is 1. The van der Waals surface area contributed by atoms with Crippen LogP contribution >= 0.6 is 0 Å². The molecule has 1 aromatic carbocycles. The van der Waals surface area contributed by atoms with Gasteiger partial charge in [0.25, 0.3) is 0 Å². The van der Waals surface area contributed by atoms with Crippen LogP contribution in [0.5, 0.6) is 0 Å². The van der Waals surface area contributed by atoms with Gasteiger partial charge in [-0.05, 0) is 18.6 Å². The third kappa shape index (κ3) is 2.25. The molecule has 0 saturated heterocycles. The summed E-state index contributed by atoms with van der Waals surface area (Å²) in [7, 11) is 0. The molecule has 86 valence electrons. The maximum Gasteiger partial charge on any atom is 0.338 e. The lowest BCUT2D eigenvalue weighted by Crippen LogP contribution is -2.48. The van der Waals surface area contributed by atoms with Gasteiger partial charge in [0.1, 0.15) is 6.10 Å². The molecule has 0 aliphatic heterocycles. The van der Waals surface area contributed by atoms with Crippen LogP contribution in [-0.2, 0) is 4.74 Å². The minimum Gasteiger partial charge on any atom is -0.459 e. The Kier molecular flexibility index (Phi) is 2.97. The van der Waals surface area contributed by atoms with Crippen LogP contribution in [0.2, 0.25) is 0 Å². The normalized spacial score (nSPS) is 28.2. The van der Waals surface area contributed by atoms with Crippen molar-refractivity contribution in [1.82, 2.24) is 0 Å². The van der Waals surface area contributed by atoms with E-state index in [-0.39, 0.29) is 12.1 Å². The van der Waals surface area contributed by atoms with E-state index in [2.05, 4.69) is 0 Å². The van der Waals surface area contributed by atoms with E-state index < -0.39 is 5.60 Å². The first-order chi connectivity index (χ1) is 7.63. The lowest BCUT2D eigenvalue weighted by atomic mass is 9.76. The molecule has 3 nitrogen and oxygen atoms in total. The van der Waals surface area contributed by atoms with Crippen LogP contribution < -0.4 is 0 Å². The zero-order chi connectivity index (χ0) is 11.6. The lowest BCUT2D eigenvalue weighted by Gasteiger charge is -2.42. The fraction of sp³-hybridized carbons (Fsp3) is 0.462. The molecule has 0 unspecified atom stereocenters. The third-order valence-electron chi connectivity index (χ3n) is 3.16. The fourth-order valence-electron chi connectivity index (χ4n) is 1.95. The predicted molar refractivity (Wildman–Crippen MR) is 60.1 cm³/mol. The van der Waals surface area contributed by atoms with E-state index in [1.54, 1.807) is 24.3 Å². The molecule has 1 N–H and O–H groups in total. The monoisotopic (exact) mass is 220 g/mol. The summed E-state index contributed by atoms with van der Waals surface area (Å²) in [6.45, 7) is 1.94. The van der Waals surface area contributed by atoms with Crippen LogP contribution in [0.4, 0.5) is 0 Å². The minimum atomic E-state index is -0.609. The molecule has 0 aromatic heterocycles. The summed E-state index contributed by atoms with van der Waals surface area (Å²) in [4.78, 5) is 11.6. The van der Waals surface area contributed by atoms with Gasteiger partial charge in [-0.3, -0.25) is 0 Å². The highest BCUT2D eigenvalue weighted by Gasteiger charge is 2.43. The highest BCUT2D eigenvalue weighted by Crippen LogP contribution is 2.37. The second-order valence-corrected chi connectivity index (χ2v) is 4.38. The van der Waals surface area contributed by atoms with Gasteiger partial charge in [0, 0.05) is 12.8 Å². The average Bonchev–Trinajstić information content (AvgIpc) is 2.28. The van der Waals surface area contributed by atoms with E-state index >= 15 is 0 Å². The van der Waals surface area contributed by atoms with Crippen molar-refractivity contribution in [1.29, 1.82) is 0 Å². The quantitative estimate of drug-likeness (QED) is 0.794. The van der Waals surface area contributed by atoms with Crippen LogP contribution in [-0.4, -0.2) is 22.8 Å². The summed E-state index contributed by atoms with van der Waals surface area (Å²) >= 11 is 0. The molecular weight excluding hydrogens is 204 g/mol. The van der Waals surface area contributed by atoms with Crippen LogP contribution in [0, 0.1) is 0 Å². The highest BCUT2D eigenvalue weighted by atomic mass is 16.5. The summed E-state index contributed by atoms with van der Waals surface area (Å²) in [5.74, 6) is -0.302. The van der Waals surface area contributed by atoms with Crippen molar-refractivity contribution < 1.29 is 14.6 Å². The Morgan fingerprint density at radius 3 is 2.62 bits per heavy atom. The standard InChI is InChI=1S/C13H16O3/c1-2-13(15)8-11(9-13)16-12(14)10-6-4-3-5-7-10/h3-7,11,15H,2,8-9H2,1H3. The molecule has 1 aliphatic carbocycles. The van der Waals surface area contributed by atoms with E-state index in [1.807, 2.05) is 13.0 Å². The second-order valence-electron chi connectivity index (χ2n) is 4.38. The minimum absolute atomic E-state index is 0.127. The summed E-state index contributed by atoms with van der Waals surface area (Å²) in [6.07, 6.45) is 1.70. The van der Waals surface area contributed by atoms with Crippen LogP contribution in [0.25, 0.3) is 0 Å². The Morgan fingerprint density at radius 2 is 2.06 bits per heavy atom. The molecule has 0 spiro atoms. The fourth-order valence-corrected chi connectivity index (χ4v) is 1.95. The first-order valence-electron chi connectivity index (χ1n) is 5.61. The average molecular weight is 220 g/mol. The van der Waals surface area contributed by atoms with Gasteiger partial charge >= 0.3 is 5.97 Å². The molecule has 0 heterocycles. The van der Waals surface area contributed by atoms with Crippen LogP contribution in [0.1, 0.15) is 36.5 Å². The molecular formula is C13H16O3. The summed E-state index contributed by atoms with van der Waals surface area (Å²) in [6, 6.07) is 8.93. The summed E-state index contributed by atoms with van der Waals surface area (Å²) in [5.41, 5.74) is -0.0452. The van der Waals surface area contributed by atoms with Crippen LogP contribution in [0.3, 0.4) is 0 Å². The smallest absolute Gasteiger partial charge is 0.338 e. The Balaban J connectivity index is 1.87. The van der Waals surface area contributed by atoms with Crippen molar-refractivity contribution in [2.75, 3.05) is 0 Å². The van der Waals surface area contributed by atoms with Crippen molar-refractivity contribution in [2.24, 2.45) is 0 Å². The van der Waals surface area contributed by atoms with E-state index in [0.717, 1.165) is 0 Å². The number of benzene rings is 1. The maximum absolute atomic E-state index is 11.6. The third-order valence-corrected chi connectivity index (χ3v) is 3.16. The van der Waals surface area contributed by atoms with Crippen molar-refractivity contribution in [3.63, 3.8) is 0 Å². The SMILES string of the molecule is CCC1(O)CC(OC(=O)c2ccccc2)C1. The Labute approximate surface area is 95.0 Å². The van der Waals surface area contributed by atoms with E-state index in [1.165, 1.54) is 0 Å². The maximum atomic E-state index is 11.6. The molecule has 1 fully saturated rings. The number of hydrogen-bond acceptors (Lipinski definition) is 3. The molecule has 1 aliphatic rings.